The van der Waals surface area contributed by atoms with Crippen molar-refractivity contribution < 1.29 is 9.90 Å². The number of nitrogens with zero attached hydrogens (tertiary/aromatic N) is 1. The number of amides is 1. The smallest absolute Gasteiger partial charge is 0.255 e. The van der Waals surface area contributed by atoms with Crippen LogP contribution in [0.5, 0.6) is 0 Å². The number of rotatable bonds is 5. The fourth-order valence-electron chi connectivity index (χ4n) is 2.11. The maximum Gasteiger partial charge on any atom is 0.255 e. The van der Waals surface area contributed by atoms with Crippen molar-refractivity contribution in [2.75, 3.05) is 0 Å². The van der Waals surface area contributed by atoms with Gasteiger partial charge in [-0.05, 0) is 39.3 Å². The summed E-state index contributed by atoms with van der Waals surface area (Å²) >= 11 is 0. The van der Waals surface area contributed by atoms with Crippen LogP contribution in [0.25, 0.3) is 6.08 Å². The molecule has 1 N–H and O–H groups in total. The van der Waals surface area contributed by atoms with E-state index in [1.54, 1.807) is 11.0 Å². The summed E-state index contributed by atoms with van der Waals surface area (Å²) in [6.45, 7) is 7.80. The van der Waals surface area contributed by atoms with Crippen LogP contribution in [-0.4, -0.2) is 34.1 Å². The van der Waals surface area contributed by atoms with Crippen molar-refractivity contribution in [1.82, 2.24) is 4.90 Å². The average Bonchev–Trinajstić information content (AvgIpc) is 2.36. The van der Waals surface area contributed by atoms with Crippen LogP contribution in [0.15, 0.2) is 36.4 Å². The molecule has 0 saturated heterocycles. The van der Waals surface area contributed by atoms with E-state index < -0.39 is 6.10 Å². The first-order valence-electron chi connectivity index (χ1n) is 6.67. The highest BCUT2D eigenvalue weighted by Gasteiger charge is 2.24. The van der Waals surface area contributed by atoms with Crippen molar-refractivity contribution in [1.29, 1.82) is 0 Å². The maximum absolute atomic E-state index is 12.2. The summed E-state index contributed by atoms with van der Waals surface area (Å²) in [6, 6.07) is 9.77. The van der Waals surface area contributed by atoms with E-state index in [1.807, 2.05) is 58.0 Å². The van der Waals surface area contributed by atoms with Crippen LogP contribution in [0.3, 0.4) is 0 Å². The van der Waals surface area contributed by atoms with Gasteiger partial charge in [0.25, 0.3) is 5.91 Å². The lowest BCUT2D eigenvalue weighted by molar-refractivity contribution is -0.141. The Morgan fingerprint density at radius 2 is 1.63 bits per heavy atom. The van der Waals surface area contributed by atoms with E-state index in [2.05, 4.69) is 0 Å². The first-order valence-corrected chi connectivity index (χ1v) is 6.67. The SMILES string of the molecule is CC(C)N(C(=O)C(O)C=Cc1ccccc1)C(C)C. The molecule has 0 aliphatic rings. The Bertz CT molecular complexity index is 416. The highest BCUT2D eigenvalue weighted by molar-refractivity contribution is 5.84. The lowest BCUT2D eigenvalue weighted by Gasteiger charge is -2.31. The van der Waals surface area contributed by atoms with Crippen LogP contribution < -0.4 is 0 Å². The summed E-state index contributed by atoms with van der Waals surface area (Å²) in [6.07, 6.45) is 2.21. The first kappa shape index (κ1) is 15.4. The number of hydrogen-bond acceptors (Lipinski definition) is 2. The monoisotopic (exact) mass is 261 g/mol. The number of carbonyl (C=O) groups is 1. The van der Waals surface area contributed by atoms with Gasteiger partial charge in [-0.2, -0.15) is 0 Å². The van der Waals surface area contributed by atoms with Crippen LogP contribution >= 0.6 is 0 Å². The molecule has 3 heteroatoms. The topological polar surface area (TPSA) is 40.5 Å². The van der Waals surface area contributed by atoms with Gasteiger partial charge >= 0.3 is 0 Å². The zero-order valence-corrected chi connectivity index (χ0v) is 12.1. The number of aliphatic hydroxyl groups excluding tert-OH is 1. The van der Waals surface area contributed by atoms with Gasteiger partial charge in [-0.1, -0.05) is 36.4 Å². The molecule has 0 saturated carbocycles. The lowest BCUT2D eigenvalue weighted by atomic mass is 10.1. The molecule has 0 spiro atoms. The number of benzene rings is 1. The van der Waals surface area contributed by atoms with E-state index >= 15 is 0 Å². The van der Waals surface area contributed by atoms with Gasteiger partial charge in [0, 0.05) is 12.1 Å². The molecular weight excluding hydrogens is 238 g/mol. The zero-order valence-electron chi connectivity index (χ0n) is 12.1. The molecule has 1 unspecified atom stereocenters. The second kappa shape index (κ2) is 7.10. The molecule has 1 rings (SSSR count). The van der Waals surface area contributed by atoms with Crippen LogP contribution in [0.4, 0.5) is 0 Å². The molecule has 0 aliphatic heterocycles. The molecule has 3 nitrogen and oxygen atoms in total. The molecule has 0 aliphatic carbocycles. The number of carbonyl (C=O) groups excluding carboxylic acids is 1. The fraction of sp³-hybridized carbons (Fsp3) is 0.438. The molecule has 0 radical (unpaired) electrons. The number of aliphatic hydroxyl groups is 1. The predicted molar refractivity (Wildman–Crippen MR) is 78.6 cm³/mol. The number of hydrogen-bond donors (Lipinski definition) is 1. The van der Waals surface area contributed by atoms with Gasteiger partial charge in [0.2, 0.25) is 0 Å². The van der Waals surface area contributed by atoms with Gasteiger partial charge in [0.15, 0.2) is 6.10 Å². The average molecular weight is 261 g/mol. The van der Waals surface area contributed by atoms with Gasteiger partial charge < -0.3 is 10.0 Å². The minimum atomic E-state index is -1.09. The summed E-state index contributed by atoms with van der Waals surface area (Å²) in [5.74, 6) is -0.253. The van der Waals surface area contributed by atoms with E-state index in [4.69, 9.17) is 0 Å². The molecule has 0 heterocycles. The van der Waals surface area contributed by atoms with Gasteiger partial charge in [-0.15, -0.1) is 0 Å². The molecule has 0 fully saturated rings. The van der Waals surface area contributed by atoms with Crippen molar-refractivity contribution in [3.8, 4) is 0 Å². The van der Waals surface area contributed by atoms with E-state index in [-0.39, 0.29) is 18.0 Å². The molecular formula is C16H23NO2. The molecule has 1 atom stereocenters. The van der Waals surface area contributed by atoms with Crippen LogP contribution in [0.2, 0.25) is 0 Å². The maximum atomic E-state index is 12.2. The molecule has 104 valence electrons. The summed E-state index contributed by atoms with van der Waals surface area (Å²) < 4.78 is 0. The summed E-state index contributed by atoms with van der Waals surface area (Å²) in [5.41, 5.74) is 0.968. The Labute approximate surface area is 115 Å². The van der Waals surface area contributed by atoms with Gasteiger partial charge in [0.1, 0.15) is 0 Å². The van der Waals surface area contributed by atoms with Crippen molar-refractivity contribution in [3.05, 3.63) is 42.0 Å². The Morgan fingerprint density at radius 3 is 2.11 bits per heavy atom. The fourth-order valence-corrected chi connectivity index (χ4v) is 2.11. The minimum absolute atomic E-state index is 0.0762. The standard InChI is InChI=1S/C16H23NO2/c1-12(2)17(13(3)4)16(19)15(18)11-10-14-8-6-5-7-9-14/h5-13,15,18H,1-4H3. The summed E-state index contributed by atoms with van der Waals surface area (Å²) in [4.78, 5) is 13.9. The van der Waals surface area contributed by atoms with Gasteiger partial charge in [-0.3, -0.25) is 4.79 Å². The second-order valence-electron chi connectivity index (χ2n) is 5.15. The molecule has 1 amide bonds. The highest BCUT2D eigenvalue weighted by atomic mass is 16.3. The van der Waals surface area contributed by atoms with Gasteiger partial charge in [-0.25, -0.2) is 0 Å². The molecule has 0 bridgehead atoms. The van der Waals surface area contributed by atoms with Crippen molar-refractivity contribution in [2.24, 2.45) is 0 Å². The van der Waals surface area contributed by atoms with Crippen molar-refractivity contribution >= 4 is 12.0 Å². The third-order valence-corrected chi connectivity index (χ3v) is 2.89. The van der Waals surface area contributed by atoms with E-state index in [9.17, 15) is 9.90 Å². The van der Waals surface area contributed by atoms with Gasteiger partial charge in [0.05, 0.1) is 0 Å². The Balaban J connectivity index is 2.74. The predicted octanol–water partition coefficient (Wildman–Crippen LogP) is 2.71. The quantitative estimate of drug-likeness (QED) is 0.885. The van der Waals surface area contributed by atoms with E-state index in [0.29, 0.717) is 0 Å². The lowest BCUT2D eigenvalue weighted by Crippen LogP contribution is -2.46. The molecule has 1 aromatic carbocycles. The Hall–Kier alpha value is -1.61. The van der Waals surface area contributed by atoms with Crippen molar-refractivity contribution in [2.45, 2.75) is 45.9 Å². The van der Waals surface area contributed by atoms with Crippen LogP contribution in [0, 0.1) is 0 Å². The largest absolute Gasteiger partial charge is 0.379 e. The van der Waals surface area contributed by atoms with E-state index in [1.165, 1.54) is 6.08 Å². The van der Waals surface area contributed by atoms with Crippen molar-refractivity contribution in [3.63, 3.8) is 0 Å². The molecule has 0 aromatic heterocycles. The van der Waals surface area contributed by atoms with Crippen LogP contribution in [0.1, 0.15) is 33.3 Å². The second-order valence-corrected chi connectivity index (χ2v) is 5.15. The summed E-state index contributed by atoms with van der Waals surface area (Å²) in [5, 5.41) is 9.97. The zero-order chi connectivity index (χ0) is 14.4. The third kappa shape index (κ3) is 4.52. The summed E-state index contributed by atoms with van der Waals surface area (Å²) in [7, 11) is 0. The molecule has 1 aromatic rings. The first-order chi connectivity index (χ1) is 8.93. The highest BCUT2D eigenvalue weighted by Crippen LogP contribution is 2.10. The third-order valence-electron chi connectivity index (χ3n) is 2.89. The van der Waals surface area contributed by atoms with Crippen LogP contribution in [-0.2, 0) is 4.79 Å². The Morgan fingerprint density at radius 1 is 1.11 bits per heavy atom. The molecule has 19 heavy (non-hydrogen) atoms. The van der Waals surface area contributed by atoms with E-state index in [0.717, 1.165) is 5.56 Å². The Kier molecular flexibility index (Phi) is 5.77. The minimum Gasteiger partial charge on any atom is -0.379 e. The normalized spacial score (nSPS) is 13.2.